The molecule has 0 spiro atoms. The van der Waals surface area contributed by atoms with Gasteiger partial charge in [0.1, 0.15) is 0 Å². The summed E-state index contributed by atoms with van der Waals surface area (Å²) in [6, 6.07) is 5.55. The number of hydrogen-bond acceptors (Lipinski definition) is 2. The third-order valence-electron chi connectivity index (χ3n) is 2.08. The molecule has 0 aliphatic rings. The van der Waals surface area contributed by atoms with E-state index in [2.05, 4.69) is 0 Å². The number of aliphatic hydroxyl groups is 1. The Morgan fingerprint density at radius 2 is 2.21 bits per heavy atom. The first kappa shape index (κ1) is 10.7. The Morgan fingerprint density at radius 3 is 2.71 bits per heavy atom. The highest BCUT2D eigenvalue weighted by atomic mass is 16.2. The smallest absolute Gasteiger partial charge is 0.159 e. The molecule has 74 valence electrons. The number of carbonyl (C=O) groups excluding carboxylic acids is 1. The third-order valence-corrected chi connectivity index (χ3v) is 2.08. The van der Waals surface area contributed by atoms with Crippen LogP contribution in [0.4, 0.5) is 0 Å². The van der Waals surface area contributed by atoms with Crippen molar-refractivity contribution >= 4 is 11.9 Å². The average molecular weight is 190 g/mol. The van der Waals surface area contributed by atoms with Crippen LogP contribution in [0.1, 0.15) is 28.4 Å². The number of aliphatic hydroxyl groups excluding tert-OH is 1. The van der Waals surface area contributed by atoms with Gasteiger partial charge in [-0.25, -0.2) is 0 Å². The number of aryl methyl sites for hydroxylation is 1. The molecule has 14 heavy (non-hydrogen) atoms. The van der Waals surface area contributed by atoms with Gasteiger partial charge in [-0.2, -0.15) is 0 Å². The van der Waals surface area contributed by atoms with Crippen LogP contribution in [0.3, 0.4) is 0 Å². The molecule has 0 saturated heterocycles. The lowest BCUT2D eigenvalue weighted by molar-refractivity contribution is 0.101. The second kappa shape index (κ2) is 4.72. The van der Waals surface area contributed by atoms with Crippen molar-refractivity contribution < 1.29 is 9.90 Å². The van der Waals surface area contributed by atoms with Gasteiger partial charge in [0.15, 0.2) is 5.78 Å². The van der Waals surface area contributed by atoms with Gasteiger partial charge in [-0.3, -0.25) is 4.79 Å². The van der Waals surface area contributed by atoms with Crippen LogP contribution in [0.2, 0.25) is 0 Å². The fourth-order valence-corrected chi connectivity index (χ4v) is 1.26. The van der Waals surface area contributed by atoms with E-state index in [0.717, 1.165) is 16.7 Å². The molecule has 0 aliphatic carbocycles. The van der Waals surface area contributed by atoms with Crippen molar-refractivity contribution in [1.29, 1.82) is 0 Å². The number of Topliss-reactive ketones (excluding diaryl/α,β-unsaturated/α-hetero) is 1. The second-order valence-electron chi connectivity index (χ2n) is 3.21. The van der Waals surface area contributed by atoms with Crippen molar-refractivity contribution in [3.05, 3.63) is 41.0 Å². The van der Waals surface area contributed by atoms with Crippen molar-refractivity contribution in [1.82, 2.24) is 0 Å². The van der Waals surface area contributed by atoms with E-state index in [1.807, 2.05) is 25.1 Å². The predicted octanol–water partition coefficient (Wildman–Crippen LogP) is 2.20. The first-order valence-electron chi connectivity index (χ1n) is 4.54. The average Bonchev–Trinajstić information content (AvgIpc) is 2.15. The van der Waals surface area contributed by atoms with Crippen molar-refractivity contribution in [2.75, 3.05) is 6.61 Å². The maximum Gasteiger partial charge on any atom is 0.159 e. The zero-order valence-corrected chi connectivity index (χ0v) is 8.45. The van der Waals surface area contributed by atoms with Crippen molar-refractivity contribution in [2.24, 2.45) is 0 Å². The monoisotopic (exact) mass is 190 g/mol. The lowest BCUT2D eigenvalue weighted by Crippen LogP contribution is -1.93. The molecule has 0 bridgehead atoms. The molecule has 0 aromatic heterocycles. The van der Waals surface area contributed by atoms with E-state index in [1.165, 1.54) is 0 Å². The zero-order chi connectivity index (χ0) is 10.6. The fraction of sp³-hybridized carbons (Fsp3) is 0.250. The maximum absolute atomic E-state index is 11.1. The lowest BCUT2D eigenvalue weighted by Gasteiger charge is -2.02. The highest BCUT2D eigenvalue weighted by Crippen LogP contribution is 2.13. The molecule has 2 nitrogen and oxygen atoms in total. The molecule has 2 heteroatoms. The fourth-order valence-electron chi connectivity index (χ4n) is 1.26. The molecule has 0 aliphatic heterocycles. The van der Waals surface area contributed by atoms with Gasteiger partial charge in [-0.05, 0) is 31.0 Å². The molecule has 1 N–H and O–H groups in total. The van der Waals surface area contributed by atoms with E-state index in [4.69, 9.17) is 5.11 Å². The summed E-state index contributed by atoms with van der Waals surface area (Å²) in [5.74, 6) is 0.0748. The molecular formula is C12H14O2. The first-order valence-corrected chi connectivity index (χ1v) is 4.54. The largest absolute Gasteiger partial charge is 0.392 e. The van der Waals surface area contributed by atoms with Crippen molar-refractivity contribution in [2.45, 2.75) is 13.8 Å². The highest BCUT2D eigenvalue weighted by Gasteiger charge is 2.00. The molecule has 0 saturated carbocycles. The van der Waals surface area contributed by atoms with Crippen LogP contribution in [-0.4, -0.2) is 17.5 Å². The van der Waals surface area contributed by atoms with Gasteiger partial charge < -0.3 is 5.11 Å². The first-order chi connectivity index (χ1) is 6.65. The van der Waals surface area contributed by atoms with E-state index >= 15 is 0 Å². The summed E-state index contributed by atoms with van der Waals surface area (Å²) >= 11 is 0. The van der Waals surface area contributed by atoms with Crippen LogP contribution in [0.15, 0.2) is 24.3 Å². The Morgan fingerprint density at radius 1 is 1.50 bits per heavy atom. The summed E-state index contributed by atoms with van der Waals surface area (Å²) in [6.07, 6.45) is 3.52. The van der Waals surface area contributed by atoms with Crippen LogP contribution < -0.4 is 0 Å². The van der Waals surface area contributed by atoms with E-state index in [0.29, 0.717) is 0 Å². The van der Waals surface area contributed by atoms with Crippen LogP contribution >= 0.6 is 0 Å². The topological polar surface area (TPSA) is 37.3 Å². The Labute approximate surface area is 83.9 Å². The Bertz CT molecular complexity index is 365. The summed E-state index contributed by atoms with van der Waals surface area (Å²) in [5, 5.41) is 8.62. The van der Waals surface area contributed by atoms with Crippen molar-refractivity contribution in [3.63, 3.8) is 0 Å². The van der Waals surface area contributed by atoms with Crippen LogP contribution in [0.5, 0.6) is 0 Å². The van der Waals surface area contributed by atoms with E-state index in [1.54, 1.807) is 19.1 Å². The lowest BCUT2D eigenvalue weighted by atomic mass is 10.0. The van der Waals surface area contributed by atoms with Gasteiger partial charge in [-0.1, -0.05) is 24.3 Å². The summed E-state index contributed by atoms with van der Waals surface area (Å²) in [6.45, 7) is 3.54. The number of ketones is 1. The molecule has 0 fully saturated rings. The summed E-state index contributed by atoms with van der Waals surface area (Å²) in [4.78, 5) is 11.1. The predicted molar refractivity (Wildman–Crippen MR) is 57.3 cm³/mol. The second-order valence-corrected chi connectivity index (χ2v) is 3.21. The standard InChI is InChI=1S/C12H14O2/c1-9-8-12(10(2)14)6-5-11(9)4-3-7-13/h3-6,8,13H,7H2,1-2H3. The van der Waals surface area contributed by atoms with Crippen LogP contribution in [0.25, 0.3) is 6.08 Å². The van der Waals surface area contributed by atoms with Gasteiger partial charge in [0.05, 0.1) is 6.61 Å². The molecule has 1 aromatic carbocycles. The summed E-state index contributed by atoms with van der Waals surface area (Å²) in [5.41, 5.74) is 2.80. The summed E-state index contributed by atoms with van der Waals surface area (Å²) < 4.78 is 0. The molecule has 0 amide bonds. The SMILES string of the molecule is CC(=O)c1ccc(C=CCO)c(C)c1. The molecule has 0 unspecified atom stereocenters. The molecule has 0 radical (unpaired) electrons. The molecule has 0 atom stereocenters. The van der Waals surface area contributed by atoms with Gasteiger partial charge in [-0.15, -0.1) is 0 Å². The van der Waals surface area contributed by atoms with E-state index in [9.17, 15) is 4.79 Å². The Kier molecular flexibility index (Phi) is 3.60. The normalized spacial score (nSPS) is 10.8. The minimum atomic E-state index is 0.0356. The molecule has 0 heterocycles. The Balaban J connectivity index is 3.01. The van der Waals surface area contributed by atoms with Gasteiger partial charge in [0.25, 0.3) is 0 Å². The number of rotatable bonds is 3. The third kappa shape index (κ3) is 2.54. The molecule has 1 aromatic rings. The number of benzene rings is 1. The molecular weight excluding hydrogens is 176 g/mol. The Hall–Kier alpha value is -1.41. The van der Waals surface area contributed by atoms with E-state index in [-0.39, 0.29) is 12.4 Å². The highest BCUT2D eigenvalue weighted by molar-refractivity contribution is 5.94. The van der Waals surface area contributed by atoms with Gasteiger partial charge in [0.2, 0.25) is 0 Å². The minimum absolute atomic E-state index is 0.0356. The van der Waals surface area contributed by atoms with Gasteiger partial charge >= 0.3 is 0 Å². The zero-order valence-electron chi connectivity index (χ0n) is 8.45. The summed E-state index contributed by atoms with van der Waals surface area (Å²) in [7, 11) is 0. The minimum Gasteiger partial charge on any atom is -0.392 e. The maximum atomic E-state index is 11.1. The molecule has 1 rings (SSSR count). The van der Waals surface area contributed by atoms with E-state index < -0.39 is 0 Å². The van der Waals surface area contributed by atoms with Gasteiger partial charge in [0, 0.05) is 5.56 Å². The van der Waals surface area contributed by atoms with Crippen LogP contribution in [0, 0.1) is 6.92 Å². The van der Waals surface area contributed by atoms with Crippen LogP contribution in [-0.2, 0) is 0 Å². The number of carbonyl (C=O) groups is 1. The number of hydrogen-bond donors (Lipinski definition) is 1. The van der Waals surface area contributed by atoms with Crippen molar-refractivity contribution in [3.8, 4) is 0 Å². The quantitative estimate of drug-likeness (QED) is 0.742.